The summed E-state index contributed by atoms with van der Waals surface area (Å²) in [6.07, 6.45) is 2.81. The van der Waals surface area contributed by atoms with Crippen LogP contribution in [0.2, 0.25) is 0 Å². The van der Waals surface area contributed by atoms with Crippen LogP contribution >= 0.6 is 0 Å². The summed E-state index contributed by atoms with van der Waals surface area (Å²) in [4.78, 5) is 11.8. The zero-order valence-electron chi connectivity index (χ0n) is 11.0. The molecule has 0 radical (unpaired) electrons. The summed E-state index contributed by atoms with van der Waals surface area (Å²) in [6.45, 7) is 2.29. The van der Waals surface area contributed by atoms with Crippen LogP contribution in [-0.4, -0.2) is 19.7 Å². The number of carbonyl (C=O) groups excluding carboxylic acids is 1. The molecular formula is C15H20O3. The van der Waals surface area contributed by atoms with Gasteiger partial charge in [-0.25, -0.2) is 0 Å². The molecule has 0 bridgehead atoms. The fourth-order valence-electron chi connectivity index (χ4n) is 2.62. The Morgan fingerprint density at radius 3 is 3.00 bits per heavy atom. The fraction of sp³-hybridized carbons (Fsp3) is 0.533. The van der Waals surface area contributed by atoms with E-state index in [0.29, 0.717) is 11.7 Å². The zero-order valence-corrected chi connectivity index (χ0v) is 11.0. The van der Waals surface area contributed by atoms with Crippen molar-refractivity contribution in [2.24, 2.45) is 5.92 Å². The number of benzene rings is 1. The summed E-state index contributed by atoms with van der Waals surface area (Å²) in [6, 6.07) is 8.00. The second kappa shape index (κ2) is 6.01. The van der Waals surface area contributed by atoms with Crippen molar-refractivity contribution >= 4 is 5.78 Å². The highest BCUT2D eigenvalue weighted by Crippen LogP contribution is 2.36. The molecule has 98 valence electrons. The minimum Gasteiger partial charge on any atom is -0.468 e. The Morgan fingerprint density at radius 1 is 1.39 bits per heavy atom. The van der Waals surface area contributed by atoms with Gasteiger partial charge in [0, 0.05) is 19.4 Å². The standard InChI is InChI=1S/C15H20O3/c1-11-14(7-4-8-15(11)16)12-5-3-6-13(9-12)18-10-17-2/h3,5-6,9,11,14H,4,7-8,10H2,1-2H3/t11-,14+/m1/s1. The number of ketones is 1. The van der Waals surface area contributed by atoms with Gasteiger partial charge in [0.15, 0.2) is 6.79 Å². The van der Waals surface area contributed by atoms with Crippen molar-refractivity contribution in [3.05, 3.63) is 29.8 Å². The zero-order chi connectivity index (χ0) is 13.0. The molecule has 0 N–H and O–H groups in total. The van der Waals surface area contributed by atoms with Crippen LogP contribution in [0.1, 0.15) is 37.7 Å². The Kier molecular flexibility index (Phi) is 4.37. The van der Waals surface area contributed by atoms with E-state index in [4.69, 9.17) is 9.47 Å². The minimum atomic E-state index is 0.122. The first kappa shape index (κ1) is 13.1. The summed E-state index contributed by atoms with van der Waals surface area (Å²) >= 11 is 0. The van der Waals surface area contributed by atoms with E-state index in [0.717, 1.165) is 25.0 Å². The molecule has 1 aliphatic rings. The maximum absolute atomic E-state index is 11.8. The SMILES string of the molecule is COCOc1cccc([C@H]2CCCC(=O)[C@@H]2C)c1. The number of Topliss-reactive ketones (excluding diaryl/α,β-unsaturated/α-hetero) is 1. The van der Waals surface area contributed by atoms with Gasteiger partial charge in [-0.3, -0.25) is 4.79 Å². The van der Waals surface area contributed by atoms with Crippen LogP contribution in [0.15, 0.2) is 24.3 Å². The third-order valence-electron chi connectivity index (χ3n) is 3.68. The second-order valence-corrected chi connectivity index (χ2v) is 4.88. The predicted molar refractivity (Wildman–Crippen MR) is 69.7 cm³/mol. The van der Waals surface area contributed by atoms with E-state index in [1.807, 2.05) is 25.1 Å². The molecule has 1 fully saturated rings. The Labute approximate surface area is 108 Å². The monoisotopic (exact) mass is 248 g/mol. The third kappa shape index (κ3) is 2.91. The molecule has 1 aromatic rings. The van der Waals surface area contributed by atoms with E-state index in [2.05, 4.69) is 6.07 Å². The third-order valence-corrected chi connectivity index (χ3v) is 3.68. The summed E-state index contributed by atoms with van der Waals surface area (Å²) in [7, 11) is 1.60. The highest BCUT2D eigenvalue weighted by molar-refractivity contribution is 5.82. The van der Waals surface area contributed by atoms with Gasteiger partial charge in [0.25, 0.3) is 0 Å². The van der Waals surface area contributed by atoms with Crippen LogP contribution in [-0.2, 0) is 9.53 Å². The highest BCUT2D eigenvalue weighted by Gasteiger charge is 2.29. The molecule has 0 aromatic heterocycles. The van der Waals surface area contributed by atoms with Gasteiger partial charge in [-0.15, -0.1) is 0 Å². The first-order chi connectivity index (χ1) is 8.72. The normalized spacial score (nSPS) is 24.0. The van der Waals surface area contributed by atoms with E-state index >= 15 is 0 Å². The van der Waals surface area contributed by atoms with E-state index < -0.39 is 0 Å². The average Bonchev–Trinajstić information content (AvgIpc) is 2.40. The van der Waals surface area contributed by atoms with Gasteiger partial charge in [0.2, 0.25) is 0 Å². The van der Waals surface area contributed by atoms with Crippen molar-refractivity contribution < 1.29 is 14.3 Å². The molecule has 3 heteroatoms. The summed E-state index contributed by atoms with van der Waals surface area (Å²) in [5.41, 5.74) is 1.20. The first-order valence-corrected chi connectivity index (χ1v) is 6.47. The molecule has 0 heterocycles. The number of hydrogen-bond donors (Lipinski definition) is 0. The molecular weight excluding hydrogens is 228 g/mol. The molecule has 0 unspecified atom stereocenters. The molecule has 18 heavy (non-hydrogen) atoms. The van der Waals surface area contributed by atoms with Gasteiger partial charge in [-0.1, -0.05) is 19.1 Å². The van der Waals surface area contributed by atoms with Gasteiger partial charge >= 0.3 is 0 Å². The Balaban J connectivity index is 2.14. The maximum Gasteiger partial charge on any atom is 0.188 e. The van der Waals surface area contributed by atoms with Gasteiger partial charge in [-0.05, 0) is 36.5 Å². The van der Waals surface area contributed by atoms with Crippen LogP contribution < -0.4 is 4.74 Å². The molecule has 0 amide bonds. The maximum atomic E-state index is 11.8. The van der Waals surface area contributed by atoms with Gasteiger partial charge in [-0.2, -0.15) is 0 Å². The van der Waals surface area contributed by atoms with Crippen LogP contribution in [0.4, 0.5) is 0 Å². The Hall–Kier alpha value is -1.35. The van der Waals surface area contributed by atoms with Crippen molar-refractivity contribution in [3.8, 4) is 5.75 Å². The molecule has 1 aromatic carbocycles. The van der Waals surface area contributed by atoms with Gasteiger partial charge in [0.05, 0.1) is 0 Å². The lowest BCUT2D eigenvalue weighted by Gasteiger charge is -2.28. The largest absolute Gasteiger partial charge is 0.468 e. The summed E-state index contributed by atoms with van der Waals surface area (Å²) in [5, 5.41) is 0. The average molecular weight is 248 g/mol. The van der Waals surface area contributed by atoms with Crippen molar-refractivity contribution in [1.82, 2.24) is 0 Å². The van der Waals surface area contributed by atoms with E-state index in [-0.39, 0.29) is 12.7 Å². The predicted octanol–water partition coefficient (Wildman–Crippen LogP) is 3.14. The molecule has 0 aliphatic heterocycles. The van der Waals surface area contributed by atoms with Gasteiger partial charge in [0.1, 0.15) is 11.5 Å². The van der Waals surface area contributed by atoms with E-state index in [9.17, 15) is 4.79 Å². The number of carbonyl (C=O) groups is 1. The molecule has 0 spiro atoms. The lowest BCUT2D eigenvalue weighted by atomic mass is 9.76. The lowest BCUT2D eigenvalue weighted by molar-refractivity contribution is -0.124. The first-order valence-electron chi connectivity index (χ1n) is 6.47. The number of hydrogen-bond acceptors (Lipinski definition) is 3. The highest BCUT2D eigenvalue weighted by atomic mass is 16.7. The van der Waals surface area contributed by atoms with E-state index in [1.54, 1.807) is 7.11 Å². The molecule has 0 saturated heterocycles. The fourth-order valence-corrected chi connectivity index (χ4v) is 2.62. The smallest absolute Gasteiger partial charge is 0.188 e. The van der Waals surface area contributed by atoms with Gasteiger partial charge < -0.3 is 9.47 Å². The minimum absolute atomic E-state index is 0.122. The lowest BCUT2D eigenvalue weighted by Crippen LogP contribution is -2.24. The topological polar surface area (TPSA) is 35.5 Å². The molecule has 3 nitrogen and oxygen atoms in total. The molecule has 1 saturated carbocycles. The Morgan fingerprint density at radius 2 is 2.22 bits per heavy atom. The number of methoxy groups -OCH3 is 1. The Bertz CT molecular complexity index is 414. The van der Waals surface area contributed by atoms with Crippen LogP contribution in [0, 0.1) is 5.92 Å². The van der Waals surface area contributed by atoms with E-state index in [1.165, 1.54) is 5.56 Å². The summed E-state index contributed by atoms with van der Waals surface area (Å²) < 4.78 is 10.3. The molecule has 1 aliphatic carbocycles. The van der Waals surface area contributed by atoms with Crippen molar-refractivity contribution in [1.29, 1.82) is 0 Å². The second-order valence-electron chi connectivity index (χ2n) is 4.88. The summed E-state index contributed by atoms with van der Waals surface area (Å²) in [5.74, 6) is 1.64. The molecule has 2 atom stereocenters. The van der Waals surface area contributed by atoms with Crippen LogP contribution in [0.25, 0.3) is 0 Å². The molecule has 2 rings (SSSR count). The van der Waals surface area contributed by atoms with Crippen LogP contribution in [0.3, 0.4) is 0 Å². The van der Waals surface area contributed by atoms with Crippen LogP contribution in [0.5, 0.6) is 5.75 Å². The number of ether oxygens (including phenoxy) is 2. The van der Waals surface area contributed by atoms with Crippen molar-refractivity contribution in [3.63, 3.8) is 0 Å². The number of rotatable bonds is 4. The van der Waals surface area contributed by atoms with Crippen molar-refractivity contribution in [2.75, 3.05) is 13.9 Å². The quantitative estimate of drug-likeness (QED) is 0.768. The van der Waals surface area contributed by atoms with Crippen molar-refractivity contribution in [2.45, 2.75) is 32.1 Å².